The molecule has 1 aliphatic heterocycles. The van der Waals surface area contributed by atoms with Crippen LogP contribution in [0.3, 0.4) is 0 Å². The number of nitrogens with zero attached hydrogens (tertiary/aromatic N) is 3. The molecule has 0 spiro atoms. The number of rotatable bonds is 10. The lowest BCUT2D eigenvalue weighted by Gasteiger charge is -2.31. The molecule has 196 valence electrons. The molecule has 3 aromatic rings. The maximum Gasteiger partial charge on any atom is 0.322 e. The number of aryl methyl sites for hydroxylation is 1. The van der Waals surface area contributed by atoms with E-state index in [2.05, 4.69) is 10.2 Å². The zero-order valence-electron chi connectivity index (χ0n) is 21.1. The SMILES string of the molecule is Cc1ccc(CN(Cc2ccccc2)C(=O)CN(CCN2CCOCC2)C(=O)Nc2ccc(Cl)cc2)o1. The van der Waals surface area contributed by atoms with E-state index in [1.165, 1.54) is 0 Å². The Kier molecular flexibility index (Phi) is 9.59. The van der Waals surface area contributed by atoms with Gasteiger partial charge in [0.05, 0.1) is 19.8 Å². The smallest absolute Gasteiger partial charge is 0.322 e. The normalized spacial score (nSPS) is 13.8. The molecule has 0 atom stereocenters. The molecule has 0 saturated carbocycles. The molecule has 1 fully saturated rings. The first-order valence-electron chi connectivity index (χ1n) is 12.4. The zero-order valence-corrected chi connectivity index (χ0v) is 21.8. The maximum absolute atomic E-state index is 13.6. The summed E-state index contributed by atoms with van der Waals surface area (Å²) in [5.41, 5.74) is 1.62. The molecule has 9 heteroatoms. The van der Waals surface area contributed by atoms with Crippen molar-refractivity contribution in [2.75, 3.05) is 51.3 Å². The van der Waals surface area contributed by atoms with E-state index in [-0.39, 0.29) is 18.5 Å². The zero-order chi connectivity index (χ0) is 26.0. The van der Waals surface area contributed by atoms with Gasteiger partial charge in [-0.05, 0) is 48.9 Å². The van der Waals surface area contributed by atoms with Crippen molar-refractivity contribution in [1.82, 2.24) is 14.7 Å². The Hall–Kier alpha value is -3.33. The number of nitrogens with one attached hydrogen (secondary N) is 1. The molecular formula is C28H33ClN4O4. The number of urea groups is 1. The van der Waals surface area contributed by atoms with Crippen LogP contribution in [-0.2, 0) is 22.6 Å². The molecule has 2 aromatic carbocycles. The van der Waals surface area contributed by atoms with Crippen molar-refractivity contribution >= 4 is 29.2 Å². The standard InChI is InChI=1S/C28H33ClN4O4/c1-22-7-12-26(37-22)20-33(19-23-5-3-2-4-6-23)27(34)21-32(14-13-31-15-17-36-18-16-31)28(35)30-25-10-8-24(29)9-11-25/h2-12H,13-21H2,1H3,(H,30,35). The topological polar surface area (TPSA) is 78.3 Å². The number of morpholine rings is 1. The molecule has 1 aromatic heterocycles. The van der Waals surface area contributed by atoms with Gasteiger partial charge < -0.3 is 24.3 Å². The summed E-state index contributed by atoms with van der Waals surface area (Å²) < 4.78 is 11.2. The van der Waals surface area contributed by atoms with E-state index in [0.717, 1.165) is 24.4 Å². The highest BCUT2D eigenvalue weighted by atomic mass is 35.5. The number of carbonyl (C=O) groups is 2. The summed E-state index contributed by atoms with van der Waals surface area (Å²) in [6.07, 6.45) is 0. The van der Waals surface area contributed by atoms with Crippen LogP contribution in [0.1, 0.15) is 17.1 Å². The summed E-state index contributed by atoms with van der Waals surface area (Å²) in [5.74, 6) is 1.33. The van der Waals surface area contributed by atoms with Crippen LogP contribution in [0, 0.1) is 6.92 Å². The van der Waals surface area contributed by atoms with Gasteiger partial charge >= 0.3 is 6.03 Å². The minimum absolute atomic E-state index is 0.0592. The van der Waals surface area contributed by atoms with Crippen molar-refractivity contribution in [2.45, 2.75) is 20.0 Å². The summed E-state index contributed by atoms with van der Waals surface area (Å²) in [6, 6.07) is 20.1. The van der Waals surface area contributed by atoms with Crippen molar-refractivity contribution in [1.29, 1.82) is 0 Å². The highest BCUT2D eigenvalue weighted by molar-refractivity contribution is 6.30. The number of ether oxygens (including phenoxy) is 1. The van der Waals surface area contributed by atoms with Crippen LogP contribution in [-0.4, -0.2) is 72.6 Å². The van der Waals surface area contributed by atoms with Crippen LogP contribution in [0.2, 0.25) is 5.02 Å². The van der Waals surface area contributed by atoms with Crippen LogP contribution in [0.25, 0.3) is 0 Å². The Morgan fingerprint density at radius 3 is 2.35 bits per heavy atom. The Morgan fingerprint density at radius 1 is 0.946 bits per heavy atom. The van der Waals surface area contributed by atoms with E-state index < -0.39 is 0 Å². The average Bonchev–Trinajstić information content (AvgIpc) is 3.33. The monoisotopic (exact) mass is 524 g/mol. The first-order valence-corrected chi connectivity index (χ1v) is 12.8. The average molecular weight is 525 g/mol. The molecule has 1 N–H and O–H groups in total. The number of hydrogen-bond donors (Lipinski definition) is 1. The quantitative estimate of drug-likeness (QED) is 0.418. The van der Waals surface area contributed by atoms with Gasteiger partial charge in [0.2, 0.25) is 5.91 Å². The number of furan rings is 1. The predicted molar refractivity (Wildman–Crippen MR) is 143 cm³/mol. The molecule has 3 amide bonds. The number of amides is 3. The number of hydrogen-bond acceptors (Lipinski definition) is 5. The van der Waals surface area contributed by atoms with Gasteiger partial charge in [-0.15, -0.1) is 0 Å². The van der Waals surface area contributed by atoms with Gasteiger partial charge in [-0.2, -0.15) is 0 Å². The lowest BCUT2D eigenvalue weighted by atomic mass is 10.2. The maximum atomic E-state index is 13.6. The van der Waals surface area contributed by atoms with Gasteiger partial charge in [-0.1, -0.05) is 41.9 Å². The molecule has 0 bridgehead atoms. The summed E-state index contributed by atoms with van der Waals surface area (Å²) in [5, 5.41) is 3.49. The van der Waals surface area contributed by atoms with E-state index >= 15 is 0 Å². The first kappa shape index (κ1) is 26.7. The largest absolute Gasteiger partial charge is 0.464 e. The third-order valence-electron chi connectivity index (χ3n) is 6.21. The van der Waals surface area contributed by atoms with Crippen molar-refractivity contribution in [3.05, 3.63) is 88.8 Å². The number of benzene rings is 2. The number of anilines is 1. The Balaban J connectivity index is 1.49. The summed E-state index contributed by atoms with van der Waals surface area (Å²) in [6.45, 7) is 6.56. The van der Waals surface area contributed by atoms with Crippen molar-refractivity contribution in [3.8, 4) is 0 Å². The summed E-state index contributed by atoms with van der Waals surface area (Å²) in [7, 11) is 0. The van der Waals surface area contributed by atoms with E-state index in [4.69, 9.17) is 20.8 Å². The lowest BCUT2D eigenvalue weighted by molar-refractivity contribution is -0.133. The van der Waals surface area contributed by atoms with Crippen LogP contribution < -0.4 is 5.32 Å². The summed E-state index contributed by atoms with van der Waals surface area (Å²) >= 11 is 5.99. The first-order chi connectivity index (χ1) is 18.0. The van der Waals surface area contributed by atoms with Crippen molar-refractivity contribution in [2.24, 2.45) is 0 Å². The molecule has 0 unspecified atom stereocenters. The molecule has 1 saturated heterocycles. The minimum atomic E-state index is -0.336. The van der Waals surface area contributed by atoms with Gasteiger partial charge in [0.25, 0.3) is 0 Å². The fourth-order valence-electron chi connectivity index (χ4n) is 4.13. The molecule has 37 heavy (non-hydrogen) atoms. The highest BCUT2D eigenvalue weighted by Gasteiger charge is 2.24. The van der Waals surface area contributed by atoms with Crippen LogP contribution in [0.5, 0.6) is 0 Å². The van der Waals surface area contributed by atoms with E-state index in [1.807, 2.05) is 49.4 Å². The van der Waals surface area contributed by atoms with Crippen LogP contribution in [0.15, 0.2) is 71.1 Å². The molecule has 1 aliphatic rings. The van der Waals surface area contributed by atoms with E-state index in [9.17, 15) is 9.59 Å². The van der Waals surface area contributed by atoms with Gasteiger partial charge in [-0.25, -0.2) is 4.79 Å². The third-order valence-corrected chi connectivity index (χ3v) is 6.46. The third kappa shape index (κ3) is 8.35. The molecule has 8 nitrogen and oxygen atoms in total. The Bertz CT molecular complexity index is 1150. The fraction of sp³-hybridized carbons (Fsp3) is 0.357. The summed E-state index contributed by atoms with van der Waals surface area (Å²) in [4.78, 5) is 32.5. The lowest BCUT2D eigenvalue weighted by Crippen LogP contribution is -2.48. The van der Waals surface area contributed by atoms with Crippen LogP contribution in [0.4, 0.5) is 10.5 Å². The Morgan fingerprint density at radius 2 is 1.68 bits per heavy atom. The van der Waals surface area contributed by atoms with Crippen molar-refractivity contribution < 1.29 is 18.7 Å². The van der Waals surface area contributed by atoms with Crippen LogP contribution >= 0.6 is 11.6 Å². The van der Waals surface area contributed by atoms with Gasteiger partial charge in [0, 0.05) is 43.4 Å². The second kappa shape index (κ2) is 13.3. The predicted octanol–water partition coefficient (Wildman–Crippen LogP) is 4.64. The highest BCUT2D eigenvalue weighted by Crippen LogP contribution is 2.16. The Labute approximate surface area is 222 Å². The minimum Gasteiger partial charge on any atom is -0.464 e. The molecular weight excluding hydrogens is 492 g/mol. The van der Waals surface area contributed by atoms with E-state index in [1.54, 1.807) is 34.1 Å². The molecule has 0 radical (unpaired) electrons. The molecule has 2 heterocycles. The van der Waals surface area contributed by atoms with Gasteiger partial charge in [0.1, 0.15) is 18.1 Å². The fourth-order valence-corrected chi connectivity index (χ4v) is 4.26. The second-order valence-corrected chi connectivity index (χ2v) is 9.50. The molecule has 4 rings (SSSR count). The van der Waals surface area contributed by atoms with Gasteiger partial charge in [0.15, 0.2) is 0 Å². The van der Waals surface area contributed by atoms with E-state index in [0.29, 0.717) is 55.9 Å². The van der Waals surface area contributed by atoms with Gasteiger partial charge in [-0.3, -0.25) is 9.69 Å². The molecule has 0 aliphatic carbocycles. The number of carbonyl (C=O) groups excluding carboxylic acids is 2. The van der Waals surface area contributed by atoms with Crippen molar-refractivity contribution in [3.63, 3.8) is 0 Å². The second-order valence-electron chi connectivity index (χ2n) is 9.06. The number of halogens is 1.